The topological polar surface area (TPSA) is 68.0 Å². The monoisotopic (exact) mass is 418 g/mol. The van der Waals surface area contributed by atoms with Crippen molar-refractivity contribution >= 4 is 29.1 Å². The van der Waals surface area contributed by atoms with E-state index in [0.717, 1.165) is 27.2 Å². The number of benzene rings is 2. The van der Waals surface area contributed by atoms with Crippen LogP contribution in [0, 0.1) is 13.8 Å². The van der Waals surface area contributed by atoms with E-state index in [0.29, 0.717) is 18.0 Å². The lowest BCUT2D eigenvalue weighted by Crippen LogP contribution is -2.25. The van der Waals surface area contributed by atoms with Crippen LogP contribution in [0.2, 0.25) is 0 Å². The Bertz CT molecular complexity index is 1220. The van der Waals surface area contributed by atoms with Gasteiger partial charge in [-0.15, -0.1) is 17.9 Å². The molecule has 152 valence electrons. The first-order valence-corrected chi connectivity index (χ1v) is 10.4. The lowest BCUT2D eigenvalue weighted by atomic mass is 10.1. The summed E-state index contributed by atoms with van der Waals surface area (Å²) in [5.41, 5.74) is 5.84. The van der Waals surface area contributed by atoms with Gasteiger partial charge in [0.05, 0.1) is 24.1 Å². The molecule has 1 aromatic heterocycles. The molecule has 2 heterocycles. The van der Waals surface area contributed by atoms with E-state index in [9.17, 15) is 4.79 Å². The van der Waals surface area contributed by atoms with Gasteiger partial charge in [0, 0.05) is 10.9 Å². The van der Waals surface area contributed by atoms with E-state index in [-0.39, 0.29) is 12.5 Å². The number of hydrogen-bond donors (Lipinski definition) is 1. The first-order chi connectivity index (χ1) is 14.5. The molecular weight excluding hydrogens is 396 g/mol. The molecule has 1 aliphatic rings. The molecule has 7 heteroatoms. The van der Waals surface area contributed by atoms with E-state index in [1.807, 2.05) is 34.5 Å². The number of amides is 1. The Morgan fingerprint density at radius 2 is 2.13 bits per heavy atom. The largest absolute Gasteiger partial charge is 0.482 e. The fraction of sp³-hybridized carbons (Fsp3) is 0.174. The van der Waals surface area contributed by atoms with Crippen molar-refractivity contribution in [2.75, 3.05) is 18.5 Å². The van der Waals surface area contributed by atoms with Crippen molar-refractivity contribution in [1.29, 1.82) is 0 Å². The van der Waals surface area contributed by atoms with E-state index in [2.05, 4.69) is 48.9 Å². The lowest BCUT2D eigenvalue weighted by Gasteiger charge is -2.18. The van der Waals surface area contributed by atoms with E-state index in [1.165, 1.54) is 16.9 Å². The van der Waals surface area contributed by atoms with Crippen LogP contribution in [0.5, 0.6) is 5.75 Å². The molecule has 0 radical (unpaired) electrons. The van der Waals surface area contributed by atoms with E-state index in [1.54, 1.807) is 6.08 Å². The van der Waals surface area contributed by atoms with Crippen LogP contribution in [0.3, 0.4) is 0 Å². The molecule has 1 N–H and O–H groups in total. The molecule has 30 heavy (non-hydrogen) atoms. The highest BCUT2D eigenvalue weighted by molar-refractivity contribution is 7.07. The van der Waals surface area contributed by atoms with Crippen molar-refractivity contribution in [3.63, 3.8) is 0 Å². The summed E-state index contributed by atoms with van der Waals surface area (Å²) in [6.07, 6.45) is 3.61. The van der Waals surface area contributed by atoms with Crippen molar-refractivity contribution in [1.82, 2.24) is 4.68 Å². The first kappa shape index (κ1) is 19.8. The summed E-state index contributed by atoms with van der Waals surface area (Å²) in [6.45, 7) is 8.42. The van der Waals surface area contributed by atoms with Crippen molar-refractivity contribution in [3.8, 4) is 17.0 Å². The number of rotatable bonds is 5. The summed E-state index contributed by atoms with van der Waals surface area (Å²) in [5.74, 6) is 0.503. The van der Waals surface area contributed by atoms with Gasteiger partial charge in [0.1, 0.15) is 5.75 Å². The number of hydrogen-bond acceptors (Lipinski definition) is 5. The van der Waals surface area contributed by atoms with Crippen LogP contribution in [-0.2, 0) is 4.79 Å². The van der Waals surface area contributed by atoms with Crippen LogP contribution in [0.25, 0.3) is 11.3 Å². The maximum Gasteiger partial charge on any atom is 0.262 e. The molecule has 4 rings (SSSR count). The van der Waals surface area contributed by atoms with Crippen molar-refractivity contribution in [2.24, 2.45) is 10.1 Å². The number of thiazole rings is 1. The molecule has 0 bridgehead atoms. The second-order valence-electron chi connectivity index (χ2n) is 7.00. The van der Waals surface area contributed by atoms with Gasteiger partial charge in [-0.1, -0.05) is 29.8 Å². The van der Waals surface area contributed by atoms with Crippen LogP contribution in [0.4, 0.5) is 5.69 Å². The molecule has 3 aromatic rings. The minimum atomic E-state index is -0.160. The van der Waals surface area contributed by atoms with Gasteiger partial charge in [-0.3, -0.25) is 9.79 Å². The second kappa shape index (κ2) is 8.51. The molecule has 0 fully saturated rings. The summed E-state index contributed by atoms with van der Waals surface area (Å²) in [4.78, 5) is 17.0. The van der Waals surface area contributed by atoms with Gasteiger partial charge >= 0.3 is 0 Å². The fourth-order valence-electron chi connectivity index (χ4n) is 3.12. The highest BCUT2D eigenvalue weighted by Crippen LogP contribution is 2.32. The number of aromatic nitrogens is 1. The summed E-state index contributed by atoms with van der Waals surface area (Å²) >= 11 is 1.51. The van der Waals surface area contributed by atoms with Crippen LogP contribution in [0.1, 0.15) is 16.7 Å². The smallest absolute Gasteiger partial charge is 0.262 e. The minimum Gasteiger partial charge on any atom is -0.482 e. The van der Waals surface area contributed by atoms with Gasteiger partial charge in [-0.2, -0.15) is 5.10 Å². The van der Waals surface area contributed by atoms with Gasteiger partial charge in [-0.05, 0) is 43.2 Å². The van der Waals surface area contributed by atoms with Gasteiger partial charge in [0.25, 0.3) is 5.91 Å². The predicted octanol–water partition coefficient (Wildman–Crippen LogP) is 4.13. The third-order valence-electron chi connectivity index (χ3n) is 4.70. The number of fused-ring (bicyclic) bond motifs is 1. The van der Waals surface area contributed by atoms with Crippen molar-refractivity contribution < 1.29 is 9.53 Å². The van der Waals surface area contributed by atoms with Gasteiger partial charge in [-0.25, -0.2) is 4.68 Å². The Labute approximate surface area is 178 Å². The Morgan fingerprint density at radius 1 is 1.27 bits per heavy atom. The molecular formula is C23H22N4O2S. The van der Waals surface area contributed by atoms with E-state index in [4.69, 9.17) is 9.84 Å². The summed E-state index contributed by atoms with van der Waals surface area (Å²) in [7, 11) is 0. The van der Waals surface area contributed by atoms with Gasteiger partial charge in [0.15, 0.2) is 6.61 Å². The zero-order valence-electron chi connectivity index (χ0n) is 16.9. The molecule has 0 aliphatic carbocycles. The average Bonchev–Trinajstić information content (AvgIpc) is 3.15. The molecule has 1 amide bonds. The Balaban J connectivity index is 1.80. The number of anilines is 1. The maximum absolute atomic E-state index is 11.7. The third kappa shape index (κ3) is 4.11. The molecule has 0 spiro atoms. The molecule has 0 saturated carbocycles. The highest BCUT2D eigenvalue weighted by Gasteiger charge is 2.17. The minimum absolute atomic E-state index is 0.0372. The molecule has 0 atom stereocenters. The molecule has 2 aromatic carbocycles. The number of nitrogens with one attached hydrogen (secondary N) is 1. The zero-order valence-corrected chi connectivity index (χ0v) is 17.7. The standard InChI is InChI=1S/C23H22N4O2S/c1-4-9-24-23-27(25-12-18-10-15(2)5-6-16(18)3)20(14-30-23)17-7-8-21-19(11-17)26-22(28)13-29-21/h4-8,10-12,14H,1,9,13H2,2-3H3,(H,26,28). The summed E-state index contributed by atoms with van der Waals surface area (Å²) < 4.78 is 7.29. The quantitative estimate of drug-likeness (QED) is 0.500. The Kier molecular flexibility index (Phi) is 5.63. The van der Waals surface area contributed by atoms with Crippen molar-refractivity contribution in [3.05, 3.63) is 75.9 Å². The van der Waals surface area contributed by atoms with Crippen LogP contribution >= 0.6 is 11.3 Å². The Hall–Kier alpha value is -3.45. The number of ether oxygens (including phenoxy) is 1. The zero-order chi connectivity index (χ0) is 21.1. The van der Waals surface area contributed by atoms with Gasteiger partial charge < -0.3 is 10.1 Å². The molecule has 0 unspecified atom stereocenters. The number of carbonyl (C=O) groups excluding carboxylic acids is 1. The van der Waals surface area contributed by atoms with Crippen LogP contribution in [-0.4, -0.2) is 29.9 Å². The van der Waals surface area contributed by atoms with Crippen LogP contribution in [0.15, 0.2) is 64.5 Å². The average molecular weight is 419 g/mol. The molecule has 0 saturated heterocycles. The summed E-state index contributed by atoms with van der Waals surface area (Å²) in [5, 5.41) is 9.62. The number of nitrogens with zero attached hydrogens (tertiary/aromatic N) is 3. The lowest BCUT2D eigenvalue weighted by molar-refractivity contribution is -0.118. The normalized spacial score (nSPS) is 13.8. The fourth-order valence-corrected chi connectivity index (χ4v) is 3.97. The van der Waals surface area contributed by atoms with E-state index < -0.39 is 0 Å². The SMILES string of the molecule is C=CCN=c1scc(-c2ccc3c(c2)NC(=O)CO3)n1N=Cc1cc(C)ccc1C. The third-order valence-corrected chi connectivity index (χ3v) is 5.55. The number of aryl methyl sites for hydroxylation is 2. The Morgan fingerprint density at radius 3 is 2.97 bits per heavy atom. The van der Waals surface area contributed by atoms with Gasteiger partial charge in [0.2, 0.25) is 4.80 Å². The first-order valence-electron chi connectivity index (χ1n) is 9.56. The molecule has 1 aliphatic heterocycles. The summed E-state index contributed by atoms with van der Waals surface area (Å²) in [6, 6.07) is 12.0. The number of carbonyl (C=O) groups is 1. The molecule has 6 nitrogen and oxygen atoms in total. The van der Waals surface area contributed by atoms with E-state index >= 15 is 0 Å². The second-order valence-corrected chi connectivity index (χ2v) is 7.83. The van der Waals surface area contributed by atoms with Crippen LogP contribution < -0.4 is 14.9 Å². The predicted molar refractivity (Wildman–Crippen MR) is 121 cm³/mol. The highest BCUT2D eigenvalue weighted by atomic mass is 32.1. The maximum atomic E-state index is 11.7. The van der Waals surface area contributed by atoms with Crippen molar-refractivity contribution in [2.45, 2.75) is 13.8 Å².